The highest BCUT2D eigenvalue weighted by Crippen LogP contribution is 3.03. The van der Waals surface area contributed by atoms with Crippen LogP contribution in [0.5, 0.6) is 0 Å². The number of rotatable bonds is 56. The van der Waals surface area contributed by atoms with E-state index in [1.165, 1.54) is 0 Å². The maximum Gasteiger partial charge on any atom is 0.0306 e. The van der Waals surface area contributed by atoms with Crippen LogP contribution in [0.25, 0.3) is 0 Å². The summed E-state index contributed by atoms with van der Waals surface area (Å²) in [4.78, 5) is 0. The molecule has 0 unspecified atom stereocenters. The molecule has 15 fully saturated rings. The SMILES string of the molecule is CC[Si]1(CC)[Si]2([Si](C)(C)C)[Si](CC(C)C)(CC(C)C)[Si]1([Si]13[Si](CC)(CC)[Si]([Si]45[Si](CC)(CC)[Si]([Si]67[Si](CC)(CC)[Si]([Si]89[Si](CC)(CC)[Si]([Si](C)(C)C)([Si]8(CC(C)C)CC(C)C)[Si]9(CC(C)C)CC(C)C)([Si]6(CC(C)C)CC(C)C)[Si]7(CC(C)C)CC(C)C)([Si]4(CC(C)C)CC(C)C)[Si]5(CC(C)C)CC(C)C)([Si]1(CC(C)C)CC(C)C)[Si]3(CC(C)C)CC(C)C)[Si]2(CC(C)C)CC(C)C. The first kappa shape index (κ1) is 121. The molecular weight excluding hydrogens is 2030 g/mol. The molecule has 15 aliphatic rings. The van der Waals surface area contributed by atoms with Gasteiger partial charge in [0.05, 0.1) is 0 Å². The molecule has 0 N–H and O–H groups in total. The van der Waals surface area contributed by atoms with Crippen molar-refractivity contribution < 1.29 is 0 Å². The Kier molecular flexibility index (Phi) is 35.2. The van der Waals surface area contributed by atoms with E-state index in [0.29, 0.717) is 0 Å². The van der Waals surface area contributed by atoms with Crippen LogP contribution >= 0.6 is 0 Å². The second-order valence-corrected chi connectivity index (χ2v) is 433. The molecule has 27 heteroatoms. The van der Waals surface area contributed by atoms with Gasteiger partial charge in [-0.15, -0.1) is 0 Å². The molecule has 0 atom stereocenters. The highest BCUT2D eigenvalue weighted by Gasteiger charge is 3.33. The molecule has 0 aromatic carbocycles. The van der Waals surface area contributed by atoms with E-state index in [4.69, 9.17) is 0 Å². The molecule has 0 spiro atoms. The Labute approximate surface area is 859 Å². The van der Waals surface area contributed by atoms with Crippen LogP contribution < -0.4 is 0 Å². The van der Waals surface area contributed by atoms with E-state index in [1.54, 1.807) is 0 Å². The molecule has 780 valence electrons. The lowest BCUT2D eigenvalue weighted by Gasteiger charge is -3.25. The molecule has 0 radical (unpaired) electrons. The molecule has 10 bridgehead atoms. The standard InChI is InChI=1S/C106H248Si27/c1-57-109(58-2)124(107(51,52)53)114(67-87(11)12,68-88(13)14)126(109,115(124,69-89(15)16)70-90(17)18)128-111(61-5,62-6)130(118(128,75-95(27)28)76-96(29)30,119(128,77-97(31)32)78-98(33)34)132-113(65-9,66-10)133(122(132,83-103(43)44)84-104(45)46,123(132,85-105(47)48)86-106(49)50)131-112(63-7,64-8)129(120(131,79-99(35)36)80-100(37)38,121(131,81-101(39)40)82-102(41)42)127-110(59-3,60-4)125(108(54,55)56,116(127,71-91(19)20)72-92(21)22)117(127,73-93(23)24)74-94(25)26/h87-106H,57-86H2,1-56H3. The van der Waals surface area contributed by atoms with Crippen molar-refractivity contribution in [2.24, 2.45) is 118 Å². The van der Waals surface area contributed by atoms with Crippen LogP contribution in [0, 0.1) is 118 Å². The molecule has 0 saturated carbocycles. The fourth-order valence-electron chi connectivity index (χ4n) is 57.4. The predicted octanol–water partition coefficient (Wildman–Crippen LogP) is 35.2. The summed E-state index contributed by atoms with van der Waals surface area (Å²) in [6.45, 7) is 181. The van der Waals surface area contributed by atoms with E-state index in [-0.39, 0.29) is 0 Å². The van der Waals surface area contributed by atoms with Gasteiger partial charge in [0.25, 0.3) is 0 Å². The minimum absolute atomic E-state index is 0.933. The molecule has 133 heavy (non-hydrogen) atoms. The average Bonchev–Trinajstić information content (AvgIpc) is 0.504. The smallest absolute Gasteiger partial charge is 0.0306 e. The van der Waals surface area contributed by atoms with Crippen molar-refractivity contribution in [1.29, 1.82) is 0 Å². The molecule has 15 heterocycles. The Bertz CT molecular complexity index is 3500. The van der Waals surface area contributed by atoms with Gasteiger partial charge in [0, 0.05) is 183 Å². The van der Waals surface area contributed by atoms with Gasteiger partial charge >= 0.3 is 0 Å². The Balaban J connectivity index is 1.76. The Hall–Kier alpha value is 5.86. The van der Waals surface area contributed by atoms with Gasteiger partial charge in [-0.05, 0) is 118 Å². The topological polar surface area (TPSA) is 0 Å². The second-order valence-electron chi connectivity index (χ2n) is 63.7. The zero-order valence-corrected chi connectivity index (χ0v) is 129. The molecule has 15 saturated heterocycles. The van der Waals surface area contributed by atoms with E-state index in [2.05, 4.69) is 458 Å². The third kappa shape index (κ3) is 12.0. The number of hydrogen-bond donors (Lipinski definition) is 0. The first-order valence-corrected chi connectivity index (χ1v) is 160. The summed E-state index contributed by atoms with van der Waals surface area (Å²) in [6.07, 6.45) is -21.8. The van der Waals surface area contributed by atoms with Crippen LogP contribution in [0.4, 0.5) is 0 Å². The van der Waals surface area contributed by atoms with Crippen molar-refractivity contribution in [3.63, 3.8) is 0 Å². The normalized spacial score (nSPS) is 34.0. The first-order valence-electron chi connectivity index (χ1n) is 60.9. The van der Waals surface area contributed by atoms with Crippen molar-refractivity contribution in [2.75, 3.05) is 0 Å². The highest BCUT2D eigenvalue weighted by atomic mass is 31.1. The Morgan fingerprint density at radius 2 is 0.188 bits per heavy atom. The van der Waals surface area contributed by atoms with Crippen molar-refractivity contribution >= 4 is 183 Å². The van der Waals surface area contributed by atoms with Gasteiger partial charge in [0.1, 0.15) is 0 Å². The van der Waals surface area contributed by atoms with E-state index in [0.717, 1.165) is 118 Å². The van der Waals surface area contributed by atoms with Gasteiger partial charge in [-0.1, -0.05) is 567 Å². The largest absolute Gasteiger partial charge is 0.0721 e. The summed E-state index contributed by atoms with van der Waals surface area (Å²) in [5.41, 5.74) is 0. The zero-order valence-electron chi connectivity index (χ0n) is 102. The molecule has 0 nitrogen and oxygen atoms in total. The summed E-state index contributed by atoms with van der Waals surface area (Å²) in [6, 6.07) is 59.9. The van der Waals surface area contributed by atoms with Gasteiger partial charge in [-0.25, -0.2) is 0 Å². The second kappa shape index (κ2) is 38.8. The molecular formula is C106H248Si27. The van der Waals surface area contributed by atoms with Crippen molar-refractivity contribution in [3.05, 3.63) is 0 Å². The van der Waals surface area contributed by atoms with Crippen LogP contribution in [-0.2, 0) is 0 Å². The highest BCUT2D eigenvalue weighted by molar-refractivity contribution is 8.89. The minimum Gasteiger partial charge on any atom is -0.0721 e. The molecule has 0 amide bonds. The summed E-state index contributed by atoms with van der Waals surface area (Å²) >= 11 is 0. The fraction of sp³-hybridized carbons (Fsp3) is 1.00. The van der Waals surface area contributed by atoms with Crippen LogP contribution in [0.1, 0.15) is 346 Å². The third-order valence-corrected chi connectivity index (χ3v) is 1240. The molecule has 15 rings (SSSR count). The monoisotopic (exact) mass is 2280 g/mol. The van der Waals surface area contributed by atoms with Gasteiger partial charge < -0.3 is 0 Å². The maximum atomic E-state index is 3.55. The van der Waals surface area contributed by atoms with Crippen molar-refractivity contribution in [2.45, 2.75) is 567 Å². The first-order chi connectivity index (χ1) is 60.9. The molecule has 0 aromatic rings. The lowest BCUT2D eigenvalue weighted by molar-refractivity contribution is 0.678. The lowest BCUT2D eigenvalue weighted by atomic mass is 10.3. The summed E-state index contributed by atoms with van der Waals surface area (Å²) in [5, 5.41) is 0. The average molecular weight is 2280 g/mol. The zero-order chi connectivity index (χ0) is 102. The van der Waals surface area contributed by atoms with E-state index in [1.807, 2.05) is 109 Å². The summed E-state index contributed by atoms with van der Waals surface area (Å²) in [7, 11) is -35.4. The van der Waals surface area contributed by atoms with Crippen LogP contribution in [-0.4, -0.2) is 183 Å². The summed E-state index contributed by atoms with van der Waals surface area (Å²) in [5.74, 6) is 18.8. The van der Waals surface area contributed by atoms with E-state index < -0.39 is 183 Å². The van der Waals surface area contributed by atoms with Gasteiger partial charge in [-0.3, -0.25) is 0 Å². The quantitative estimate of drug-likeness (QED) is 0.0533. The molecule has 0 aliphatic carbocycles. The predicted molar refractivity (Wildman–Crippen MR) is 688 cm³/mol. The van der Waals surface area contributed by atoms with Gasteiger partial charge in [0.2, 0.25) is 0 Å². The van der Waals surface area contributed by atoms with Gasteiger partial charge in [-0.2, -0.15) is 0 Å². The minimum atomic E-state index is -2.37. The Morgan fingerprint density at radius 3 is 0.256 bits per heavy atom. The fourth-order valence-corrected chi connectivity index (χ4v) is 3150. The van der Waals surface area contributed by atoms with Crippen LogP contribution in [0.2, 0.25) is 221 Å². The maximum absolute atomic E-state index is 3.55. The van der Waals surface area contributed by atoms with E-state index in [9.17, 15) is 0 Å². The van der Waals surface area contributed by atoms with Crippen LogP contribution in [0.3, 0.4) is 0 Å². The third-order valence-electron chi connectivity index (χ3n) is 47.2. The van der Waals surface area contributed by atoms with Crippen molar-refractivity contribution in [1.82, 2.24) is 0 Å². The number of hydrogen-bond acceptors (Lipinski definition) is 0. The van der Waals surface area contributed by atoms with Gasteiger partial charge in [0.15, 0.2) is 0 Å². The van der Waals surface area contributed by atoms with E-state index >= 15 is 0 Å². The molecule has 15 aliphatic heterocycles. The molecule has 0 aromatic heterocycles. The Morgan fingerprint density at radius 1 is 0.113 bits per heavy atom. The van der Waals surface area contributed by atoms with Crippen LogP contribution in [0.15, 0.2) is 0 Å². The van der Waals surface area contributed by atoms with Crippen molar-refractivity contribution in [3.8, 4) is 0 Å². The summed E-state index contributed by atoms with van der Waals surface area (Å²) < 4.78 is 0. The lowest BCUT2D eigenvalue weighted by Crippen LogP contribution is -3.59.